The van der Waals surface area contributed by atoms with E-state index in [1.165, 1.54) is 18.3 Å². The molecule has 6 nitrogen and oxygen atoms in total. The molecule has 0 aliphatic heterocycles. The largest absolute Gasteiger partial charge is 0.507 e. The molecule has 2 rings (SSSR count). The Morgan fingerprint density at radius 3 is 2.52 bits per heavy atom. The maximum atomic E-state index is 12.0. The highest BCUT2D eigenvalue weighted by Gasteiger charge is 2.14. The van der Waals surface area contributed by atoms with E-state index < -0.39 is 17.6 Å². The maximum Gasteiger partial charge on any atom is 0.339 e. The first kappa shape index (κ1) is 14.8. The number of hydrogen-bond acceptors (Lipinski definition) is 4. The molecule has 0 aliphatic rings. The van der Waals surface area contributed by atoms with E-state index in [-0.39, 0.29) is 21.8 Å². The minimum absolute atomic E-state index is 0.184. The lowest BCUT2D eigenvalue weighted by molar-refractivity contribution is 0.0693. The molecule has 1 aromatic carbocycles. The average molecular weight is 307 g/mol. The third-order valence-corrected chi connectivity index (χ3v) is 3.03. The fraction of sp³-hybridized carbons (Fsp3) is 0.0714. The van der Waals surface area contributed by atoms with Crippen LogP contribution in [0.15, 0.2) is 30.5 Å². The van der Waals surface area contributed by atoms with Crippen molar-refractivity contribution in [2.45, 2.75) is 6.92 Å². The first-order valence-electron chi connectivity index (χ1n) is 5.88. The van der Waals surface area contributed by atoms with E-state index in [0.717, 1.165) is 6.07 Å². The Morgan fingerprint density at radius 2 is 1.95 bits per heavy atom. The van der Waals surface area contributed by atoms with E-state index >= 15 is 0 Å². The summed E-state index contributed by atoms with van der Waals surface area (Å²) < 4.78 is 0. The zero-order valence-electron chi connectivity index (χ0n) is 10.9. The van der Waals surface area contributed by atoms with E-state index in [9.17, 15) is 14.7 Å². The van der Waals surface area contributed by atoms with Crippen molar-refractivity contribution < 1.29 is 19.8 Å². The number of aromatic hydroxyl groups is 1. The Bertz CT molecular complexity index is 731. The second-order valence-electron chi connectivity index (χ2n) is 4.30. The number of aromatic nitrogens is 1. The van der Waals surface area contributed by atoms with Gasteiger partial charge in [0.25, 0.3) is 5.91 Å². The van der Waals surface area contributed by atoms with Gasteiger partial charge >= 0.3 is 5.97 Å². The lowest BCUT2D eigenvalue weighted by Crippen LogP contribution is -2.13. The normalized spacial score (nSPS) is 10.2. The number of halogens is 1. The minimum atomic E-state index is -1.25. The number of hydrogen-bond donors (Lipinski definition) is 3. The first-order valence-corrected chi connectivity index (χ1v) is 6.26. The van der Waals surface area contributed by atoms with E-state index in [4.69, 9.17) is 16.7 Å². The van der Waals surface area contributed by atoms with Gasteiger partial charge in [-0.15, -0.1) is 0 Å². The summed E-state index contributed by atoms with van der Waals surface area (Å²) >= 11 is 5.96. The van der Waals surface area contributed by atoms with Crippen molar-refractivity contribution in [3.05, 3.63) is 52.3 Å². The third kappa shape index (κ3) is 3.29. The number of phenols is 1. The molecule has 0 bridgehead atoms. The highest BCUT2D eigenvalue weighted by Crippen LogP contribution is 2.23. The van der Waals surface area contributed by atoms with Gasteiger partial charge in [-0.1, -0.05) is 11.6 Å². The van der Waals surface area contributed by atoms with Crippen LogP contribution in [-0.4, -0.2) is 27.1 Å². The van der Waals surface area contributed by atoms with Gasteiger partial charge in [-0.3, -0.25) is 9.78 Å². The highest BCUT2D eigenvalue weighted by atomic mass is 35.5. The molecule has 0 spiro atoms. The Balaban J connectivity index is 2.23. The fourth-order valence-electron chi connectivity index (χ4n) is 1.68. The van der Waals surface area contributed by atoms with Gasteiger partial charge in [0.15, 0.2) is 0 Å². The Labute approximate surface area is 125 Å². The maximum absolute atomic E-state index is 12.0. The number of rotatable bonds is 3. The van der Waals surface area contributed by atoms with Crippen molar-refractivity contribution in [3.8, 4) is 5.75 Å². The SMILES string of the molecule is Cc1cc(Cl)c(C(=O)Nc2ccc(C(=O)O)c(O)c2)cn1. The fourth-order valence-corrected chi connectivity index (χ4v) is 1.97. The second kappa shape index (κ2) is 5.80. The molecule has 1 heterocycles. The van der Waals surface area contributed by atoms with E-state index in [2.05, 4.69) is 10.3 Å². The molecule has 0 aliphatic carbocycles. The topological polar surface area (TPSA) is 99.5 Å². The third-order valence-electron chi connectivity index (χ3n) is 2.72. The zero-order valence-corrected chi connectivity index (χ0v) is 11.7. The number of carbonyl (C=O) groups excluding carboxylic acids is 1. The highest BCUT2D eigenvalue weighted by molar-refractivity contribution is 6.34. The summed E-state index contributed by atoms with van der Waals surface area (Å²) in [6.45, 7) is 1.75. The van der Waals surface area contributed by atoms with Crippen LogP contribution in [0, 0.1) is 6.92 Å². The number of anilines is 1. The molecule has 108 valence electrons. The summed E-state index contributed by atoms with van der Waals surface area (Å²) in [7, 11) is 0. The molecule has 0 radical (unpaired) electrons. The number of benzene rings is 1. The standard InChI is InChI=1S/C14H11ClN2O4/c1-7-4-11(15)10(6-16-7)13(19)17-8-2-3-9(14(20)21)12(18)5-8/h2-6,18H,1H3,(H,17,19)(H,20,21). The molecule has 0 fully saturated rings. The molecule has 21 heavy (non-hydrogen) atoms. The summed E-state index contributed by atoms with van der Waals surface area (Å²) in [6.07, 6.45) is 1.35. The Morgan fingerprint density at radius 1 is 1.24 bits per heavy atom. The van der Waals surface area contributed by atoms with Gasteiger partial charge in [-0.05, 0) is 25.1 Å². The molecule has 7 heteroatoms. The van der Waals surface area contributed by atoms with E-state index in [1.807, 2.05) is 0 Å². The van der Waals surface area contributed by atoms with Crippen LogP contribution in [0.25, 0.3) is 0 Å². The van der Waals surface area contributed by atoms with Gasteiger partial charge in [0.05, 0.1) is 10.6 Å². The van der Waals surface area contributed by atoms with Crippen molar-refractivity contribution >= 4 is 29.2 Å². The van der Waals surface area contributed by atoms with Crippen LogP contribution in [0.5, 0.6) is 5.75 Å². The van der Waals surface area contributed by atoms with Crippen LogP contribution in [0.3, 0.4) is 0 Å². The lowest BCUT2D eigenvalue weighted by atomic mass is 10.1. The van der Waals surface area contributed by atoms with Gasteiger partial charge in [0.1, 0.15) is 11.3 Å². The summed E-state index contributed by atoms with van der Waals surface area (Å²) in [5, 5.41) is 21.1. The number of nitrogens with one attached hydrogen (secondary N) is 1. The lowest BCUT2D eigenvalue weighted by Gasteiger charge is -2.08. The van der Waals surface area contributed by atoms with Gasteiger partial charge in [-0.25, -0.2) is 4.79 Å². The number of carboxylic acid groups (broad SMARTS) is 1. The van der Waals surface area contributed by atoms with Crippen LogP contribution < -0.4 is 5.32 Å². The number of amides is 1. The van der Waals surface area contributed by atoms with Crippen LogP contribution in [-0.2, 0) is 0 Å². The Hall–Kier alpha value is -2.60. The molecule has 0 saturated carbocycles. The molecule has 0 unspecified atom stereocenters. The first-order chi connectivity index (χ1) is 9.88. The van der Waals surface area contributed by atoms with Gasteiger partial charge < -0.3 is 15.5 Å². The van der Waals surface area contributed by atoms with E-state index in [0.29, 0.717) is 5.69 Å². The molecule has 3 N–H and O–H groups in total. The second-order valence-corrected chi connectivity index (χ2v) is 4.70. The van der Waals surface area contributed by atoms with Crippen LogP contribution in [0.4, 0.5) is 5.69 Å². The predicted octanol–water partition coefficient (Wildman–Crippen LogP) is 2.70. The average Bonchev–Trinajstić information content (AvgIpc) is 2.37. The van der Waals surface area contributed by atoms with Crippen molar-refractivity contribution in [3.63, 3.8) is 0 Å². The summed E-state index contributed by atoms with van der Waals surface area (Å²) in [6, 6.07) is 5.28. The molecule has 1 amide bonds. The summed E-state index contributed by atoms with van der Waals surface area (Å²) in [5.41, 5.74) is 0.867. The molecule has 2 aromatic rings. The number of aromatic carboxylic acids is 1. The van der Waals surface area contributed by atoms with Crippen molar-refractivity contribution in [1.29, 1.82) is 0 Å². The van der Waals surface area contributed by atoms with Gasteiger partial charge in [0.2, 0.25) is 0 Å². The quantitative estimate of drug-likeness (QED) is 0.809. The molecular formula is C14H11ClN2O4. The number of nitrogens with zero attached hydrogens (tertiary/aromatic N) is 1. The number of aryl methyl sites for hydroxylation is 1. The Kier molecular flexibility index (Phi) is 4.09. The van der Waals surface area contributed by atoms with Gasteiger partial charge in [-0.2, -0.15) is 0 Å². The molecule has 1 aromatic heterocycles. The number of pyridine rings is 1. The van der Waals surface area contributed by atoms with Gasteiger partial charge in [0, 0.05) is 23.6 Å². The van der Waals surface area contributed by atoms with Crippen molar-refractivity contribution in [2.75, 3.05) is 5.32 Å². The van der Waals surface area contributed by atoms with Crippen LogP contribution >= 0.6 is 11.6 Å². The summed E-state index contributed by atoms with van der Waals surface area (Å²) in [4.78, 5) is 26.8. The molecule has 0 atom stereocenters. The summed E-state index contributed by atoms with van der Waals surface area (Å²) in [5.74, 6) is -2.19. The predicted molar refractivity (Wildman–Crippen MR) is 77.0 cm³/mol. The van der Waals surface area contributed by atoms with Crippen molar-refractivity contribution in [1.82, 2.24) is 4.98 Å². The van der Waals surface area contributed by atoms with Crippen molar-refractivity contribution in [2.24, 2.45) is 0 Å². The number of carboxylic acids is 1. The smallest absolute Gasteiger partial charge is 0.339 e. The monoisotopic (exact) mass is 306 g/mol. The van der Waals surface area contributed by atoms with E-state index in [1.54, 1.807) is 13.0 Å². The molecule has 0 saturated heterocycles. The van der Waals surface area contributed by atoms with Crippen LogP contribution in [0.1, 0.15) is 26.4 Å². The number of carbonyl (C=O) groups is 2. The van der Waals surface area contributed by atoms with Crippen LogP contribution in [0.2, 0.25) is 5.02 Å². The zero-order chi connectivity index (χ0) is 15.6. The minimum Gasteiger partial charge on any atom is -0.507 e. The molecular weight excluding hydrogens is 296 g/mol.